The molecular formula is C17H17BrClNO. The minimum Gasteiger partial charge on any atom is -0.292 e. The zero-order valence-electron chi connectivity index (χ0n) is 12.0. The van der Waals surface area contributed by atoms with Crippen molar-refractivity contribution < 1.29 is 4.79 Å². The lowest BCUT2D eigenvalue weighted by Crippen LogP contribution is -2.35. The SMILES string of the molecule is CC(C(=O)c1ccc(Br)cc1)N(C)Cc1ccccc1Cl. The van der Waals surface area contributed by atoms with Crippen LogP contribution in [0.1, 0.15) is 22.8 Å². The first kappa shape index (κ1) is 16.2. The molecule has 0 amide bonds. The fraction of sp³-hybridized carbons (Fsp3) is 0.235. The second-order valence-electron chi connectivity index (χ2n) is 5.05. The highest BCUT2D eigenvalue weighted by Crippen LogP contribution is 2.19. The van der Waals surface area contributed by atoms with Gasteiger partial charge in [-0.15, -0.1) is 0 Å². The van der Waals surface area contributed by atoms with Gasteiger partial charge in [0.05, 0.1) is 6.04 Å². The Morgan fingerprint density at radius 3 is 2.43 bits per heavy atom. The molecular weight excluding hydrogens is 350 g/mol. The van der Waals surface area contributed by atoms with Crippen LogP contribution in [0.5, 0.6) is 0 Å². The van der Waals surface area contributed by atoms with Gasteiger partial charge in [-0.25, -0.2) is 0 Å². The molecule has 21 heavy (non-hydrogen) atoms. The molecule has 0 saturated carbocycles. The van der Waals surface area contributed by atoms with Gasteiger partial charge in [-0.3, -0.25) is 9.69 Å². The first-order valence-electron chi connectivity index (χ1n) is 6.72. The predicted octanol–water partition coefficient (Wildman–Crippen LogP) is 4.81. The van der Waals surface area contributed by atoms with E-state index in [1.807, 2.05) is 67.4 Å². The number of Topliss-reactive ketones (excluding diaryl/α,β-unsaturated/α-hetero) is 1. The lowest BCUT2D eigenvalue weighted by atomic mass is 10.0. The van der Waals surface area contributed by atoms with Crippen LogP contribution in [0.25, 0.3) is 0 Å². The molecule has 4 heteroatoms. The second kappa shape index (κ2) is 7.21. The summed E-state index contributed by atoms with van der Waals surface area (Å²) >= 11 is 9.55. The van der Waals surface area contributed by atoms with E-state index in [0.29, 0.717) is 6.54 Å². The van der Waals surface area contributed by atoms with E-state index in [1.165, 1.54) is 0 Å². The molecule has 110 valence electrons. The van der Waals surface area contributed by atoms with Gasteiger partial charge in [0.15, 0.2) is 5.78 Å². The van der Waals surface area contributed by atoms with Crippen LogP contribution in [0.2, 0.25) is 5.02 Å². The van der Waals surface area contributed by atoms with Gasteiger partial charge in [-0.05, 0) is 37.7 Å². The van der Waals surface area contributed by atoms with Gasteiger partial charge in [-0.2, -0.15) is 0 Å². The van der Waals surface area contributed by atoms with Gasteiger partial charge in [0.1, 0.15) is 0 Å². The van der Waals surface area contributed by atoms with Crippen LogP contribution in [0, 0.1) is 0 Å². The number of hydrogen-bond donors (Lipinski definition) is 0. The van der Waals surface area contributed by atoms with Crippen molar-refractivity contribution in [1.82, 2.24) is 4.90 Å². The summed E-state index contributed by atoms with van der Waals surface area (Å²) in [5, 5.41) is 0.729. The maximum Gasteiger partial charge on any atom is 0.179 e. The van der Waals surface area contributed by atoms with Crippen molar-refractivity contribution in [2.24, 2.45) is 0 Å². The van der Waals surface area contributed by atoms with Crippen molar-refractivity contribution in [3.8, 4) is 0 Å². The minimum atomic E-state index is -0.206. The highest BCUT2D eigenvalue weighted by atomic mass is 79.9. The zero-order chi connectivity index (χ0) is 15.4. The van der Waals surface area contributed by atoms with Crippen LogP contribution in [-0.4, -0.2) is 23.8 Å². The van der Waals surface area contributed by atoms with E-state index in [0.717, 1.165) is 20.6 Å². The molecule has 0 aliphatic heterocycles. The third-order valence-electron chi connectivity index (χ3n) is 3.55. The maximum absolute atomic E-state index is 12.5. The number of hydrogen-bond acceptors (Lipinski definition) is 2. The summed E-state index contributed by atoms with van der Waals surface area (Å²) in [6.07, 6.45) is 0. The topological polar surface area (TPSA) is 20.3 Å². The summed E-state index contributed by atoms with van der Waals surface area (Å²) in [5.74, 6) is 0.108. The van der Waals surface area contributed by atoms with Gasteiger partial charge in [0.25, 0.3) is 0 Å². The first-order valence-corrected chi connectivity index (χ1v) is 7.89. The molecule has 1 unspecified atom stereocenters. The molecule has 0 aromatic heterocycles. The molecule has 2 rings (SSSR count). The van der Waals surface area contributed by atoms with Crippen LogP contribution >= 0.6 is 27.5 Å². The number of carbonyl (C=O) groups excluding carboxylic acids is 1. The Balaban J connectivity index is 2.08. The molecule has 0 aliphatic carbocycles. The Morgan fingerprint density at radius 1 is 1.19 bits per heavy atom. The maximum atomic E-state index is 12.5. The Bertz CT molecular complexity index is 627. The van der Waals surface area contributed by atoms with E-state index < -0.39 is 0 Å². The molecule has 2 aromatic carbocycles. The molecule has 2 aromatic rings. The van der Waals surface area contributed by atoms with Crippen molar-refractivity contribution >= 4 is 33.3 Å². The van der Waals surface area contributed by atoms with E-state index in [4.69, 9.17) is 11.6 Å². The number of nitrogens with zero attached hydrogens (tertiary/aromatic N) is 1. The Labute approximate surface area is 138 Å². The summed E-state index contributed by atoms with van der Waals surface area (Å²) in [7, 11) is 1.94. The molecule has 0 fully saturated rings. The Kier molecular flexibility index (Phi) is 5.57. The van der Waals surface area contributed by atoms with Crippen molar-refractivity contribution in [3.63, 3.8) is 0 Å². The summed E-state index contributed by atoms with van der Waals surface area (Å²) in [6.45, 7) is 2.56. The first-order chi connectivity index (χ1) is 9.99. The summed E-state index contributed by atoms with van der Waals surface area (Å²) < 4.78 is 0.969. The number of benzene rings is 2. The normalized spacial score (nSPS) is 12.4. The molecule has 0 radical (unpaired) electrons. The largest absolute Gasteiger partial charge is 0.292 e. The monoisotopic (exact) mass is 365 g/mol. The Hall–Kier alpha value is -1.16. The number of rotatable bonds is 5. The van der Waals surface area contributed by atoms with E-state index in [-0.39, 0.29) is 11.8 Å². The smallest absolute Gasteiger partial charge is 0.179 e. The van der Waals surface area contributed by atoms with E-state index in [2.05, 4.69) is 15.9 Å². The molecule has 0 aliphatic rings. The lowest BCUT2D eigenvalue weighted by Gasteiger charge is -2.24. The highest BCUT2D eigenvalue weighted by Gasteiger charge is 2.20. The minimum absolute atomic E-state index is 0.108. The summed E-state index contributed by atoms with van der Waals surface area (Å²) in [5.41, 5.74) is 1.74. The van der Waals surface area contributed by atoms with Crippen molar-refractivity contribution in [2.45, 2.75) is 19.5 Å². The lowest BCUT2D eigenvalue weighted by molar-refractivity contribution is 0.0862. The quantitative estimate of drug-likeness (QED) is 0.708. The molecule has 0 N–H and O–H groups in total. The van der Waals surface area contributed by atoms with Crippen LogP contribution in [0.3, 0.4) is 0 Å². The number of ketones is 1. The zero-order valence-corrected chi connectivity index (χ0v) is 14.4. The molecule has 2 nitrogen and oxygen atoms in total. The second-order valence-corrected chi connectivity index (χ2v) is 6.38. The van der Waals surface area contributed by atoms with Crippen molar-refractivity contribution in [1.29, 1.82) is 0 Å². The molecule has 0 heterocycles. The third kappa shape index (κ3) is 4.16. The van der Waals surface area contributed by atoms with Crippen molar-refractivity contribution in [3.05, 3.63) is 69.2 Å². The average molecular weight is 367 g/mol. The Morgan fingerprint density at radius 2 is 1.81 bits per heavy atom. The standard InChI is InChI=1S/C17H17BrClNO/c1-12(17(21)13-7-9-15(18)10-8-13)20(2)11-14-5-3-4-6-16(14)19/h3-10,12H,11H2,1-2H3. The van der Waals surface area contributed by atoms with Gasteiger partial charge in [0.2, 0.25) is 0 Å². The van der Waals surface area contributed by atoms with E-state index in [1.54, 1.807) is 0 Å². The molecule has 0 bridgehead atoms. The number of likely N-dealkylation sites (N-methyl/N-ethyl adjacent to an activating group) is 1. The van der Waals surface area contributed by atoms with Gasteiger partial charge in [0, 0.05) is 21.6 Å². The van der Waals surface area contributed by atoms with E-state index >= 15 is 0 Å². The van der Waals surface area contributed by atoms with Gasteiger partial charge in [-0.1, -0.05) is 57.9 Å². The van der Waals surface area contributed by atoms with E-state index in [9.17, 15) is 4.79 Å². The molecule has 0 spiro atoms. The van der Waals surface area contributed by atoms with Gasteiger partial charge >= 0.3 is 0 Å². The number of halogens is 2. The van der Waals surface area contributed by atoms with Gasteiger partial charge < -0.3 is 0 Å². The summed E-state index contributed by atoms with van der Waals surface area (Å²) in [6, 6.07) is 14.9. The van der Waals surface area contributed by atoms with Crippen LogP contribution < -0.4 is 0 Å². The molecule has 1 atom stereocenters. The third-order valence-corrected chi connectivity index (χ3v) is 4.44. The van der Waals surface area contributed by atoms with Crippen LogP contribution in [0.4, 0.5) is 0 Å². The summed E-state index contributed by atoms with van der Waals surface area (Å²) in [4.78, 5) is 14.5. The number of carbonyl (C=O) groups is 1. The van der Waals surface area contributed by atoms with Crippen molar-refractivity contribution in [2.75, 3.05) is 7.05 Å². The molecule has 0 saturated heterocycles. The fourth-order valence-electron chi connectivity index (χ4n) is 2.09. The predicted molar refractivity (Wildman–Crippen MR) is 90.9 cm³/mol. The average Bonchev–Trinajstić information content (AvgIpc) is 2.49. The van der Waals surface area contributed by atoms with Crippen LogP contribution in [-0.2, 0) is 6.54 Å². The van der Waals surface area contributed by atoms with Crippen LogP contribution in [0.15, 0.2) is 53.0 Å². The highest BCUT2D eigenvalue weighted by molar-refractivity contribution is 9.10. The fourth-order valence-corrected chi connectivity index (χ4v) is 2.55.